The summed E-state index contributed by atoms with van der Waals surface area (Å²) in [6, 6.07) is 0. The van der Waals surface area contributed by atoms with Crippen LogP contribution in [0.4, 0.5) is 0 Å². The van der Waals surface area contributed by atoms with Crippen LogP contribution < -0.4 is 0 Å². The fraction of sp³-hybridized carbons (Fsp3) is 0.765. The average Bonchev–Trinajstić information content (AvgIpc) is 2.87. The van der Waals surface area contributed by atoms with Crippen LogP contribution in [0.1, 0.15) is 23.5 Å². The minimum atomic E-state index is 0.0942. The van der Waals surface area contributed by atoms with E-state index in [1.165, 1.54) is 0 Å². The van der Waals surface area contributed by atoms with E-state index in [-0.39, 0.29) is 17.9 Å². The summed E-state index contributed by atoms with van der Waals surface area (Å²) in [4.78, 5) is 21.0. The van der Waals surface area contributed by atoms with Gasteiger partial charge < -0.3 is 14.4 Å². The number of nitrogens with zero attached hydrogens (tertiary/aromatic N) is 3. The zero-order chi connectivity index (χ0) is 17.0. The van der Waals surface area contributed by atoms with E-state index in [1.54, 1.807) is 18.4 Å². The summed E-state index contributed by atoms with van der Waals surface area (Å²) in [7, 11) is 1.57. The number of likely N-dealkylation sites (tertiary alicyclic amines) is 1. The van der Waals surface area contributed by atoms with E-state index in [4.69, 9.17) is 9.47 Å². The van der Waals surface area contributed by atoms with Gasteiger partial charge in [-0.25, -0.2) is 4.98 Å². The number of hydrogen-bond donors (Lipinski definition) is 0. The van der Waals surface area contributed by atoms with Crippen molar-refractivity contribution in [3.8, 4) is 0 Å². The number of amides is 1. The van der Waals surface area contributed by atoms with Gasteiger partial charge in [0, 0.05) is 50.6 Å². The topological polar surface area (TPSA) is 54.9 Å². The number of piperidine rings is 1. The molecular formula is C17H27N3O3S. The maximum absolute atomic E-state index is 12.0. The van der Waals surface area contributed by atoms with Gasteiger partial charge in [0.05, 0.1) is 23.9 Å². The highest BCUT2D eigenvalue weighted by molar-refractivity contribution is 7.09. The van der Waals surface area contributed by atoms with Gasteiger partial charge in [-0.2, -0.15) is 0 Å². The Labute approximate surface area is 147 Å². The number of ether oxygens (including phenoxy) is 2. The van der Waals surface area contributed by atoms with Crippen LogP contribution in [0.25, 0.3) is 0 Å². The minimum Gasteiger partial charge on any atom is -0.379 e. The van der Waals surface area contributed by atoms with Gasteiger partial charge >= 0.3 is 0 Å². The molecular weight excluding hydrogens is 326 g/mol. The molecule has 2 aliphatic heterocycles. The lowest BCUT2D eigenvalue weighted by Gasteiger charge is -2.42. The Bertz CT molecular complexity index is 555. The molecule has 0 unspecified atom stereocenters. The van der Waals surface area contributed by atoms with Crippen molar-refractivity contribution in [3.63, 3.8) is 0 Å². The summed E-state index contributed by atoms with van der Waals surface area (Å²) in [6.45, 7) is 8.27. The molecule has 3 heterocycles. The monoisotopic (exact) mass is 353 g/mol. The molecule has 1 amide bonds. The first-order valence-electron chi connectivity index (χ1n) is 8.58. The SMILES string of the molecule is COCC(=O)N1CCC2(CC1)COCCN(Cc1csc(C)n1)C2. The molecule has 6 nitrogen and oxygen atoms in total. The molecule has 7 heteroatoms. The van der Waals surface area contributed by atoms with Gasteiger partial charge in [-0.15, -0.1) is 11.3 Å². The van der Waals surface area contributed by atoms with Crippen LogP contribution in [-0.4, -0.2) is 73.8 Å². The van der Waals surface area contributed by atoms with Crippen molar-refractivity contribution >= 4 is 17.2 Å². The molecule has 0 aromatic carbocycles. The van der Waals surface area contributed by atoms with Crippen LogP contribution in [0, 0.1) is 12.3 Å². The highest BCUT2D eigenvalue weighted by atomic mass is 32.1. The van der Waals surface area contributed by atoms with Gasteiger partial charge in [-0.1, -0.05) is 0 Å². The van der Waals surface area contributed by atoms with Crippen LogP contribution in [-0.2, 0) is 20.8 Å². The molecule has 0 radical (unpaired) electrons. The average molecular weight is 353 g/mol. The molecule has 0 saturated carbocycles. The molecule has 0 bridgehead atoms. The number of carbonyl (C=O) groups is 1. The second-order valence-corrected chi connectivity index (χ2v) is 8.00. The van der Waals surface area contributed by atoms with Gasteiger partial charge in [0.25, 0.3) is 0 Å². The van der Waals surface area contributed by atoms with Crippen molar-refractivity contribution in [2.75, 3.05) is 53.1 Å². The Morgan fingerprint density at radius 1 is 1.42 bits per heavy atom. The number of methoxy groups -OCH3 is 1. The van der Waals surface area contributed by atoms with E-state index in [9.17, 15) is 4.79 Å². The van der Waals surface area contributed by atoms with E-state index >= 15 is 0 Å². The van der Waals surface area contributed by atoms with Gasteiger partial charge in [-0.3, -0.25) is 9.69 Å². The molecule has 2 saturated heterocycles. The van der Waals surface area contributed by atoms with Crippen LogP contribution in [0.15, 0.2) is 5.38 Å². The molecule has 1 aromatic rings. The normalized spacial score (nSPS) is 21.8. The van der Waals surface area contributed by atoms with E-state index < -0.39 is 0 Å². The van der Waals surface area contributed by atoms with Crippen molar-refractivity contribution in [2.45, 2.75) is 26.3 Å². The molecule has 3 rings (SSSR count). The summed E-state index contributed by atoms with van der Waals surface area (Å²) in [5.74, 6) is 0.0942. The molecule has 24 heavy (non-hydrogen) atoms. The molecule has 0 atom stereocenters. The fourth-order valence-electron chi connectivity index (χ4n) is 3.67. The van der Waals surface area contributed by atoms with Gasteiger partial charge in [0.2, 0.25) is 5.91 Å². The van der Waals surface area contributed by atoms with Crippen LogP contribution in [0.2, 0.25) is 0 Å². The number of aryl methyl sites for hydroxylation is 1. The quantitative estimate of drug-likeness (QED) is 0.822. The van der Waals surface area contributed by atoms with E-state index in [1.807, 2.05) is 11.8 Å². The lowest BCUT2D eigenvalue weighted by atomic mass is 9.78. The number of rotatable bonds is 4. The molecule has 2 aliphatic rings. The van der Waals surface area contributed by atoms with Crippen LogP contribution in [0.3, 0.4) is 0 Å². The van der Waals surface area contributed by atoms with Crippen molar-refractivity contribution in [3.05, 3.63) is 16.1 Å². The first kappa shape index (κ1) is 17.8. The Morgan fingerprint density at radius 3 is 2.88 bits per heavy atom. The third kappa shape index (κ3) is 4.33. The van der Waals surface area contributed by atoms with Gasteiger partial charge in [0.15, 0.2) is 0 Å². The van der Waals surface area contributed by atoms with E-state index in [0.29, 0.717) is 0 Å². The first-order chi connectivity index (χ1) is 11.6. The smallest absolute Gasteiger partial charge is 0.248 e. The Morgan fingerprint density at radius 2 is 2.21 bits per heavy atom. The maximum Gasteiger partial charge on any atom is 0.248 e. The number of aromatic nitrogens is 1. The standard InChI is InChI=1S/C17H27N3O3S/c1-14-18-15(11-24-14)9-19-7-8-23-13-17(12-19)3-5-20(6-4-17)16(21)10-22-2/h11H,3-10,12-13H2,1-2H3. The Kier molecular flexibility index (Phi) is 5.86. The van der Waals surface area contributed by atoms with Gasteiger partial charge in [-0.05, 0) is 19.8 Å². The predicted octanol–water partition coefficient (Wildman–Crippen LogP) is 1.54. The molecule has 1 spiro atoms. The predicted molar refractivity (Wildman–Crippen MR) is 93.1 cm³/mol. The summed E-state index contributed by atoms with van der Waals surface area (Å²) < 4.78 is 10.9. The van der Waals surface area contributed by atoms with Crippen LogP contribution in [0.5, 0.6) is 0 Å². The lowest BCUT2D eigenvalue weighted by molar-refractivity contribution is -0.138. The van der Waals surface area contributed by atoms with E-state index in [2.05, 4.69) is 15.3 Å². The van der Waals surface area contributed by atoms with Gasteiger partial charge in [0.1, 0.15) is 6.61 Å². The zero-order valence-corrected chi connectivity index (χ0v) is 15.4. The van der Waals surface area contributed by atoms with E-state index in [0.717, 1.165) is 69.5 Å². The van der Waals surface area contributed by atoms with Crippen molar-refractivity contribution < 1.29 is 14.3 Å². The number of carbonyl (C=O) groups excluding carboxylic acids is 1. The Hall–Kier alpha value is -1.02. The summed E-state index contributed by atoms with van der Waals surface area (Å²) in [5, 5.41) is 3.27. The molecule has 1 aromatic heterocycles. The maximum atomic E-state index is 12.0. The third-order valence-corrected chi connectivity index (χ3v) is 5.84. The van der Waals surface area contributed by atoms with Crippen molar-refractivity contribution in [2.24, 2.45) is 5.41 Å². The first-order valence-corrected chi connectivity index (χ1v) is 9.46. The largest absolute Gasteiger partial charge is 0.379 e. The highest BCUT2D eigenvalue weighted by Gasteiger charge is 2.39. The number of thiazole rings is 1. The second kappa shape index (κ2) is 7.91. The lowest BCUT2D eigenvalue weighted by Crippen LogP contribution is -2.49. The number of hydrogen-bond acceptors (Lipinski definition) is 6. The minimum absolute atomic E-state index is 0.0942. The summed E-state index contributed by atoms with van der Waals surface area (Å²) in [5.41, 5.74) is 1.31. The summed E-state index contributed by atoms with van der Waals surface area (Å²) in [6.07, 6.45) is 1.99. The Balaban J connectivity index is 1.59. The molecule has 2 fully saturated rings. The highest BCUT2D eigenvalue weighted by Crippen LogP contribution is 2.34. The fourth-order valence-corrected chi connectivity index (χ4v) is 4.28. The third-order valence-electron chi connectivity index (χ3n) is 5.02. The summed E-state index contributed by atoms with van der Waals surface area (Å²) >= 11 is 1.71. The molecule has 134 valence electrons. The molecule has 0 aliphatic carbocycles. The second-order valence-electron chi connectivity index (χ2n) is 6.93. The van der Waals surface area contributed by atoms with Crippen molar-refractivity contribution in [1.29, 1.82) is 0 Å². The van der Waals surface area contributed by atoms with Crippen molar-refractivity contribution in [1.82, 2.24) is 14.8 Å². The van der Waals surface area contributed by atoms with Crippen LogP contribution >= 0.6 is 11.3 Å². The molecule has 0 N–H and O–H groups in total. The zero-order valence-electron chi connectivity index (χ0n) is 14.6.